The minimum Gasteiger partial charge on any atom is -0.466 e. The smallest absolute Gasteiger partial charge is 0.308 e. The number of aromatic nitrogens is 8. The largest absolute Gasteiger partial charge is 0.466 e. The van der Waals surface area contributed by atoms with Crippen LogP contribution in [0.15, 0.2) is 219 Å². The van der Waals surface area contributed by atoms with E-state index < -0.39 is 24.0 Å². The van der Waals surface area contributed by atoms with Crippen molar-refractivity contribution in [2.24, 2.45) is 0 Å². The normalized spacial score (nSPS) is 15.2. The Morgan fingerprint density at radius 1 is 0.584 bits per heavy atom. The van der Waals surface area contributed by atoms with E-state index in [-0.39, 0.29) is 44.0 Å². The van der Waals surface area contributed by atoms with Crippen LogP contribution in [0.5, 0.6) is 0 Å². The second-order valence-electron chi connectivity index (χ2n) is 21.2. The number of esters is 2. The molecule has 4 aromatic heterocycles. The van der Waals surface area contributed by atoms with E-state index in [1.165, 1.54) is 0 Å². The van der Waals surface area contributed by atoms with Crippen LogP contribution < -0.4 is 10.6 Å². The molecule has 1 aliphatic heterocycles. The number of aliphatic hydroxyl groups is 2. The maximum absolute atomic E-state index is 12.3. The Hall–Kier alpha value is -10.2. The van der Waals surface area contributed by atoms with Crippen molar-refractivity contribution in [1.29, 1.82) is 0 Å². The number of benzene rings is 6. The molecule has 0 radical (unpaired) electrons. The van der Waals surface area contributed by atoms with Crippen molar-refractivity contribution in [3.05, 3.63) is 230 Å². The fourth-order valence-corrected chi connectivity index (χ4v) is 10.3. The van der Waals surface area contributed by atoms with Gasteiger partial charge in [0.05, 0.1) is 61.9 Å². The van der Waals surface area contributed by atoms with Crippen molar-refractivity contribution in [3.63, 3.8) is 0 Å². The third-order valence-electron chi connectivity index (χ3n) is 14.1. The van der Waals surface area contributed by atoms with E-state index in [1.54, 1.807) is 49.1 Å². The highest BCUT2D eigenvalue weighted by Gasteiger charge is 2.36. The minimum atomic E-state index is -1.04. The van der Waals surface area contributed by atoms with E-state index >= 15 is 0 Å². The number of aliphatic hydroxyl groups excluding tert-OH is 2. The quantitative estimate of drug-likeness (QED) is 0.0463. The van der Waals surface area contributed by atoms with Gasteiger partial charge in [-0.15, -0.1) is 0 Å². The van der Waals surface area contributed by atoms with Gasteiger partial charge in [0.25, 0.3) is 0 Å². The number of carbonyl (C=O) groups is 2. The molecule has 4 N–H and O–H groups in total. The number of anilines is 4. The number of nitrogens with one attached hydrogen (secondary N) is 2. The molecule has 0 unspecified atom stereocenters. The Morgan fingerprint density at radius 3 is 1.47 bits per heavy atom. The first kappa shape index (κ1) is 61.8. The molecule has 0 amide bonds. The molecule has 1 saturated heterocycles. The molecule has 0 spiro atoms. The summed E-state index contributed by atoms with van der Waals surface area (Å²) in [4.78, 5) is 42.6. The van der Waals surface area contributed by atoms with Gasteiger partial charge in [-0.2, -0.15) is 20.2 Å². The van der Waals surface area contributed by atoms with Gasteiger partial charge in [-0.25, -0.2) is 19.3 Å². The number of hydrogen-bond acceptors (Lipinski definition) is 16. The Kier molecular flexibility index (Phi) is 20.8. The van der Waals surface area contributed by atoms with Gasteiger partial charge in [-0.05, 0) is 52.0 Å². The first-order valence-electron chi connectivity index (χ1n) is 29.6. The summed E-state index contributed by atoms with van der Waals surface area (Å²) < 4.78 is 26.1. The summed E-state index contributed by atoms with van der Waals surface area (Å²) in [5.41, 5.74) is 10.2. The van der Waals surface area contributed by atoms with Crippen molar-refractivity contribution in [1.82, 2.24) is 39.5 Å². The van der Waals surface area contributed by atoms with Crippen LogP contribution in [0.4, 0.5) is 23.3 Å². The van der Waals surface area contributed by atoms with Crippen LogP contribution in [-0.4, -0.2) is 105 Å². The van der Waals surface area contributed by atoms with Crippen molar-refractivity contribution in [3.8, 4) is 56.7 Å². The highest BCUT2D eigenvalue weighted by Crippen LogP contribution is 2.38. The Bertz CT molecular complexity index is 3960. The lowest BCUT2D eigenvalue weighted by Gasteiger charge is -2.39. The number of carbonyl (C=O) groups excluding carboxylic acids is 2. The predicted octanol–water partition coefficient (Wildman–Crippen LogP) is 13.4. The molecular formula is C71H70N10O8. The fraction of sp³-hybridized carbons (Fsp3) is 0.211. The zero-order chi connectivity index (χ0) is 62.0. The molecule has 5 heterocycles. The van der Waals surface area contributed by atoms with Gasteiger partial charge in [0.2, 0.25) is 11.9 Å². The monoisotopic (exact) mass is 1190 g/mol. The minimum absolute atomic E-state index is 0.0226. The molecule has 11 rings (SSSR count). The Labute approximate surface area is 517 Å². The second kappa shape index (κ2) is 29.9. The summed E-state index contributed by atoms with van der Waals surface area (Å²) >= 11 is 0. The average Bonchev–Trinajstić information content (AvgIpc) is 1.85. The molecule has 18 heteroatoms. The SMILES string of the molecule is CCOC(=O)C[C@H](O)C[C@H](O)/C=C/c1c(-c2ccccc2)nn(-c2ccnc(Nc3ccccc3)n2)c1-c1ccccc1.CCOC(=O)C[C@H]1C[C@@H](/C=C/c2c(-c3ccccc3)nn(-c3ccnc(Nc4ccccc4)n3)c2-c2ccccc2)OC(C)(C)O1. The first-order valence-corrected chi connectivity index (χ1v) is 29.6. The summed E-state index contributed by atoms with van der Waals surface area (Å²) in [6, 6.07) is 62.9. The van der Waals surface area contributed by atoms with E-state index in [2.05, 4.69) is 38.8 Å². The Morgan fingerprint density at radius 2 is 1.01 bits per heavy atom. The first-order chi connectivity index (χ1) is 43.4. The maximum atomic E-state index is 12.3. The Balaban J connectivity index is 0.000000197. The van der Waals surface area contributed by atoms with Gasteiger partial charge >= 0.3 is 11.9 Å². The second-order valence-corrected chi connectivity index (χ2v) is 21.2. The molecular weight excluding hydrogens is 1120 g/mol. The lowest BCUT2D eigenvalue weighted by molar-refractivity contribution is -0.290. The van der Waals surface area contributed by atoms with Crippen LogP contribution in [0.25, 0.3) is 68.8 Å². The molecule has 4 atom stereocenters. The highest BCUT2D eigenvalue weighted by atomic mass is 16.7. The van der Waals surface area contributed by atoms with Gasteiger partial charge in [0.15, 0.2) is 17.4 Å². The standard InChI is InChI=1S/C37H37N5O4.C34H33N5O4/c1-4-44-33(43)25-30-24-29(45-37(2,3)46-30)20-21-31-34(26-14-8-5-9-15-26)41-42(35(31)27-16-10-6-11-17-27)32-22-23-38-36(40-32)39-28-18-12-7-13-19-28;1-2-43-31(42)23-28(41)22-27(40)18-19-29-32(24-12-6-3-7-13-24)38-39(33(29)25-14-8-4-9-15-25)30-20-21-35-34(37-30)36-26-16-10-5-11-17-26/h5-23,29-30H,4,24-25H2,1-3H3,(H,38,39,40);3-21,27-28,40-41H,2,22-23H2,1H3,(H,35,36,37)/b21-20+;19-18+/t29-,30-;27-,28-/m11/s1. The molecule has 89 heavy (non-hydrogen) atoms. The van der Waals surface area contributed by atoms with Crippen molar-refractivity contribution in [2.45, 2.75) is 83.6 Å². The van der Waals surface area contributed by atoms with E-state index in [1.807, 2.05) is 201 Å². The summed E-state index contributed by atoms with van der Waals surface area (Å²) in [5.74, 6) is 0.387. The molecule has 1 aliphatic rings. The van der Waals surface area contributed by atoms with Crippen LogP contribution in [0.2, 0.25) is 0 Å². The molecule has 0 aliphatic carbocycles. The third kappa shape index (κ3) is 16.6. The van der Waals surface area contributed by atoms with E-state index in [4.69, 9.17) is 39.1 Å². The van der Waals surface area contributed by atoms with Crippen LogP contribution in [-0.2, 0) is 28.5 Å². The molecule has 10 aromatic rings. The third-order valence-corrected chi connectivity index (χ3v) is 14.1. The lowest BCUT2D eigenvalue weighted by atomic mass is 9.99. The van der Waals surface area contributed by atoms with E-state index in [0.29, 0.717) is 42.3 Å². The topological polar surface area (TPSA) is 223 Å². The molecule has 6 aromatic carbocycles. The van der Waals surface area contributed by atoms with Crippen molar-refractivity contribution < 1.29 is 38.7 Å². The average molecular weight is 1190 g/mol. The van der Waals surface area contributed by atoms with Gasteiger partial charge in [-0.3, -0.25) is 9.59 Å². The van der Waals surface area contributed by atoms with Gasteiger partial charge < -0.3 is 39.8 Å². The maximum Gasteiger partial charge on any atom is 0.308 e. The fourth-order valence-electron chi connectivity index (χ4n) is 10.3. The van der Waals surface area contributed by atoms with Crippen LogP contribution >= 0.6 is 0 Å². The molecule has 1 fully saturated rings. The van der Waals surface area contributed by atoms with Crippen LogP contribution in [0.3, 0.4) is 0 Å². The van der Waals surface area contributed by atoms with Gasteiger partial charge in [-0.1, -0.05) is 182 Å². The summed E-state index contributed by atoms with van der Waals surface area (Å²) in [6.45, 7) is 7.81. The molecule has 452 valence electrons. The number of ether oxygens (including phenoxy) is 4. The van der Waals surface area contributed by atoms with Gasteiger partial charge in [0, 0.05) is 82.1 Å². The predicted molar refractivity (Wildman–Crippen MR) is 345 cm³/mol. The van der Waals surface area contributed by atoms with Crippen molar-refractivity contribution in [2.75, 3.05) is 23.8 Å². The number of hydrogen-bond donors (Lipinski definition) is 4. The summed E-state index contributed by atoms with van der Waals surface area (Å²) in [7, 11) is 0. The number of para-hydroxylation sites is 2. The van der Waals surface area contributed by atoms with Crippen LogP contribution in [0.1, 0.15) is 64.5 Å². The molecule has 0 bridgehead atoms. The van der Waals surface area contributed by atoms with E-state index in [0.717, 1.165) is 61.8 Å². The van der Waals surface area contributed by atoms with Crippen molar-refractivity contribution >= 4 is 47.4 Å². The number of nitrogens with zero attached hydrogens (tertiary/aromatic N) is 8. The summed E-state index contributed by atoms with van der Waals surface area (Å²) in [6.07, 6.45) is 8.68. The molecule has 0 saturated carbocycles. The van der Waals surface area contributed by atoms with Crippen LogP contribution in [0, 0.1) is 0 Å². The highest BCUT2D eigenvalue weighted by molar-refractivity contribution is 5.86. The zero-order valence-corrected chi connectivity index (χ0v) is 49.9. The van der Waals surface area contributed by atoms with Gasteiger partial charge in [0.1, 0.15) is 11.4 Å². The van der Waals surface area contributed by atoms with E-state index in [9.17, 15) is 19.8 Å². The number of rotatable bonds is 22. The summed E-state index contributed by atoms with van der Waals surface area (Å²) in [5, 5.41) is 37.8. The zero-order valence-electron chi connectivity index (χ0n) is 49.9. The molecule has 18 nitrogen and oxygen atoms in total. The lowest BCUT2D eigenvalue weighted by Crippen LogP contribution is -2.44.